The Morgan fingerprint density at radius 1 is 1.11 bits per heavy atom. The van der Waals surface area contributed by atoms with Gasteiger partial charge in [0.05, 0.1) is 31.2 Å². The summed E-state index contributed by atoms with van der Waals surface area (Å²) < 4.78 is 66.8. The summed E-state index contributed by atoms with van der Waals surface area (Å²) in [6, 6.07) is 8.64. The van der Waals surface area contributed by atoms with Crippen LogP contribution in [0.2, 0.25) is 0 Å². The Bertz CT molecular complexity index is 1570. The third-order valence-corrected chi connectivity index (χ3v) is 7.03. The van der Waals surface area contributed by atoms with Gasteiger partial charge < -0.3 is 14.5 Å². The standard InChI is InChI=1S/C25H23F2N3O5S/c1-4-9-36(32,33)30-20-8-7-19(26)22(23(20)27)24(31)18-13-29-25-17(18)10-14(12-28-25)16-6-5-15(34-2)11-21(16)35-3/h5-8,10-13,30H,4,9H2,1-3H3,(H,28,29). The molecule has 0 saturated carbocycles. The number of methoxy groups -OCH3 is 2. The number of ketones is 1. The molecular formula is C25H23F2N3O5S. The molecule has 0 aliphatic carbocycles. The number of hydrogen-bond acceptors (Lipinski definition) is 6. The zero-order valence-corrected chi connectivity index (χ0v) is 20.5. The highest BCUT2D eigenvalue weighted by atomic mass is 32.2. The number of anilines is 1. The molecule has 0 spiro atoms. The van der Waals surface area contributed by atoms with Gasteiger partial charge in [-0.3, -0.25) is 9.52 Å². The number of rotatable bonds is 9. The number of sulfonamides is 1. The van der Waals surface area contributed by atoms with E-state index in [2.05, 4.69) is 14.7 Å². The molecule has 0 atom stereocenters. The fourth-order valence-electron chi connectivity index (χ4n) is 3.84. The van der Waals surface area contributed by atoms with E-state index in [1.165, 1.54) is 20.4 Å². The Hall–Kier alpha value is -3.99. The summed E-state index contributed by atoms with van der Waals surface area (Å²) >= 11 is 0. The summed E-state index contributed by atoms with van der Waals surface area (Å²) in [4.78, 5) is 20.5. The van der Waals surface area contributed by atoms with E-state index in [1.807, 2.05) is 0 Å². The molecule has 0 unspecified atom stereocenters. The van der Waals surface area contributed by atoms with Crippen molar-refractivity contribution in [1.29, 1.82) is 0 Å². The summed E-state index contributed by atoms with van der Waals surface area (Å²) in [5, 5.41) is 0.325. The highest BCUT2D eigenvalue weighted by Crippen LogP contribution is 2.35. The molecule has 0 aliphatic rings. The van der Waals surface area contributed by atoms with Crippen molar-refractivity contribution in [3.8, 4) is 22.6 Å². The molecule has 188 valence electrons. The van der Waals surface area contributed by atoms with Crippen LogP contribution in [-0.4, -0.2) is 44.1 Å². The highest BCUT2D eigenvalue weighted by Gasteiger charge is 2.26. The minimum Gasteiger partial charge on any atom is -0.497 e. The van der Waals surface area contributed by atoms with Gasteiger partial charge in [-0.15, -0.1) is 0 Å². The molecule has 0 amide bonds. The van der Waals surface area contributed by atoms with Gasteiger partial charge in [-0.05, 0) is 36.8 Å². The lowest BCUT2D eigenvalue weighted by Crippen LogP contribution is -2.18. The number of halogens is 2. The molecule has 36 heavy (non-hydrogen) atoms. The van der Waals surface area contributed by atoms with Crippen LogP contribution in [0.15, 0.2) is 48.8 Å². The van der Waals surface area contributed by atoms with Crippen LogP contribution in [0.1, 0.15) is 29.3 Å². The summed E-state index contributed by atoms with van der Waals surface area (Å²) in [7, 11) is -0.827. The third kappa shape index (κ3) is 4.74. The maximum absolute atomic E-state index is 15.2. The number of H-pyrrole nitrogens is 1. The Balaban J connectivity index is 1.79. The van der Waals surface area contributed by atoms with E-state index >= 15 is 4.39 Å². The predicted molar refractivity (Wildman–Crippen MR) is 132 cm³/mol. The molecule has 2 aromatic carbocycles. The number of carbonyl (C=O) groups excluding carboxylic acids is 1. The van der Waals surface area contributed by atoms with Gasteiger partial charge in [-0.1, -0.05) is 6.92 Å². The van der Waals surface area contributed by atoms with Crippen molar-refractivity contribution in [1.82, 2.24) is 9.97 Å². The molecule has 4 rings (SSSR count). The summed E-state index contributed by atoms with van der Waals surface area (Å²) in [6.07, 6.45) is 3.18. The number of benzene rings is 2. The highest BCUT2D eigenvalue weighted by molar-refractivity contribution is 7.92. The number of nitrogens with one attached hydrogen (secondary N) is 2. The third-order valence-electron chi connectivity index (χ3n) is 5.55. The smallest absolute Gasteiger partial charge is 0.232 e. The van der Waals surface area contributed by atoms with Crippen molar-refractivity contribution in [3.63, 3.8) is 0 Å². The molecule has 2 heterocycles. The molecule has 2 aromatic heterocycles. The fourth-order valence-corrected chi connectivity index (χ4v) is 4.97. The Kier molecular flexibility index (Phi) is 6.93. The average Bonchev–Trinajstić information content (AvgIpc) is 3.28. The van der Waals surface area contributed by atoms with Crippen LogP contribution in [0.5, 0.6) is 11.5 Å². The first-order valence-corrected chi connectivity index (χ1v) is 12.6. The first kappa shape index (κ1) is 25.1. The van der Waals surface area contributed by atoms with Crippen LogP contribution >= 0.6 is 0 Å². The van der Waals surface area contributed by atoms with E-state index in [-0.39, 0.29) is 11.3 Å². The molecule has 0 aliphatic heterocycles. The Morgan fingerprint density at radius 3 is 2.58 bits per heavy atom. The maximum atomic E-state index is 15.2. The minimum atomic E-state index is -3.86. The van der Waals surface area contributed by atoms with Crippen LogP contribution in [0.4, 0.5) is 14.5 Å². The quantitative estimate of drug-likeness (QED) is 0.307. The first-order valence-electron chi connectivity index (χ1n) is 10.9. The van der Waals surface area contributed by atoms with E-state index in [0.717, 1.165) is 12.1 Å². The monoisotopic (exact) mass is 515 g/mol. The lowest BCUT2D eigenvalue weighted by atomic mass is 9.99. The van der Waals surface area contributed by atoms with Gasteiger partial charge in [0, 0.05) is 40.5 Å². The summed E-state index contributed by atoms with van der Waals surface area (Å²) in [5.74, 6) is -2.54. The zero-order chi connectivity index (χ0) is 26.0. The number of fused-ring (bicyclic) bond motifs is 1. The maximum Gasteiger partial charge on any atom is 0.232 e. The van der Waals surface area contributed by atoms with Crippen LogP contribution < -0.4 is 14.2 Å². The molecule has 11 heteroatoms. The molecule has 0 saturated heterocycles. The number of aromatic nitrogens is 2. The minimum absolute atomic E-state index is 0.0295. The van der Waals surface area contributed by atoms with Crippen molar-refractivity contribution in [2.45, 2.75) is 13.3 Å². The number of pyridine rings is 1. The van der Waals surface area contributed by atoms with Crippen molar-refractivity contribution < 1.29 is 31.5 Å². The molecule has 4 aromatic rings. The van der Waals surface area contributed by atoms with Gasteiger partial charge in [0.1, 0.15) is 23.0 Å². The number of aromatic amines is 1. The first-order chi connectivity index (χ1) is 17.2. The van der Waals surface area contributed by atoms with Crippen molar-refractivity contribution >= 4 is 32.5 Å². The van der Waals surface area contributed by atoms with Crippen molar-refractivity contribution in [2.24, 2.45) is 0 Å². The van der Waals surface area contributed by atoms with Crippen molar-refractivity contribution in [2.75, 3.05) is 24.7 Å². The number of carbonyl (C=O) groups is 1. The van der Waals surface area contributed by atoms with Gasteiger partial charge in [-0.25, -0.2) is 22.2 Å². The summed E-state index contributed by atoms with van der Waals surface area (Å²) in [6.45, 7) is 1.65. The molecule has 0 fully saturated rings. The van der Waals surface area contributed by atoms with Gasteiger partial charge >= 0.3 is 0 Å². The SMILES string of the molecule is CCCS(=O)(=O)Nc1ccc(F)c(C(=O)c2c[nH]c3ncc(-c4ccc(OC)cc4OC)cc23)c1F. The largest absolute Gasteiger partial charge is 0.497 e. The predicted octanol–water partition coefficient (Wildman–Crippen LogP) is 4.91. The number of ether oxygens (including phenoxy) is 2. The summed E-state index contributed by atoms with van der Waals surface area (Å²) in [5.41, 5.74) is 0.179. The molecular weight excluding hydrogens is 492 g/mol. The van der Waals surface area contributed by atoms with E-state index < -0.39 is 38.7 Å². The van der Waals surface area contributed by atoms with Crippen molar-refractivity contribution in [3.05, 3.63) is 71.6 Å². The second-order valence-corrected chi connectivity index (χ2v) is 9.76. The number of nitrogens with zero attached hydrogens (tertiary/aromatic N) is 1. The lowest BCUT2D eigenvalue weighted by Gasteiger charge is -2.12. The Morgan fingerprint density at radius 2 is 1.89 bits per heavy atom. The molecule has 8 nitrogen and oxygen atoms in total. The van der Waals surface area contributed by atoms with Crippen LogP contribution in [0.25, 0.3) is 22.2 Å². The van der Waals surface area contributed by atoms with Crippen LogP contribution in [-0.2, 0) is 10.0 Å². The topological polar surface area (TPSA) is 110 Å². The second-order valence-electron chi connectivity index (χ2n) is 7.92. The van der Waals surface area contributed by atoms with E-state index in [4.69, 9.17) is 9.47 Å². The van der Waals surface area contributed by atoms with Crippen LogP contribution in [0.3, 0.4) is 0 Å². The van der Waals surface area contributed by atoms with Gasteiger partial charge in [0.2, 0.25) is 15.8 Å². The zero-order valence-electron chi connectivity index (χ0n) is 19.7. The number of hydrogen-bond donors (Lipinski definition) is 2. The average molecular weight is 516 g/mol. The van der Waals surface area contributed by atoms with Gasteiger partial charge in [-0.2, -0.15) is 0 Å². The molecule has 0 radical (unpaired) electrons. The normalized spacial score (nSPS) is 11.5. The van der Waals surface area contributed by atoms with E-state index in [0.29, 0.717) is 40.1 Å². The van der Waals surface area contributed by atoms with E-state index in [9.17, 15) is 17.6 Å². The molecule has 0 bridgehead atoms. The fraction of sp³-hybridized carbons (Fsp3) is 0.200. The molecule has 2 N–H and O–H groups in total. The van der Waals surface area contributed by atoms with Gasteiger partial charge in [0.25, 0.3) is 0 Å². The second kappa shape index (κ2) is 9.94. The van der Waals surface area contributed by atoms with Crippen LogP contribution in [0, 0.1) is 11.6 Å². The lowest BCUT2D eigenvalue weighted by molar-refractivity contribution is 0.103. The van der Waals surface area contributed by atoms with Gasteiger partial charge in [0.15, 0.2) is 5.82 Å². The van der Waals surface area contributed by atoms with E-state index in [1.54, 1.807) is 37.4 Å². The Labute approximate surface area is 206 Å².